The first-order valence-corrected chi connectivity index (χ1v) is 12.6. The maximum atomic E-state index is 12.8. The zero-order valence-electron chi connectivity index (χ0n) is 18.8. The molecular formula is C25H21F3N4O3S. The Hall–Kier alpha value is -3.86. The normalized spacial score (nSPS) is 14.1. The summed E-state index contributed by atoms with van der Waals surface area (Å²) < 4.78 is 64.7. The number of hydrogen-bond acceptors (Lipinski definition) is 5. The van der Waals surface area contributed by atoms with Gasteiger partial charge in [-0.2, -0.15) is 21.6 Å². The number of amides is 1. The van der Waals surface area contributed by atoms with E-state index in [9.17, 15) is 26.4 Å². The Kier molecular flexibility index (Phi) is 5.95. The number of carbonyl (C=O) groups excluding carboxylic acids is 1. The van der Waals surface area contributed by atoms with Crippen molar-refractivity contribution in [2.24, 2.45) is 0 Å². The van der Waals surface area contributed by atoms with E-state index in [1.165, 1.54) is 6.07 Å². The molecule has 0 aliphatic heterocycles. The summed E-state index contributed by atoms with van der Waals surface area (Å²) in [5.74, 6) is -1.30. The van der Waals surface area contributed by atoms with Gasteiger partial charge in [-0.15, -0.1) is 0 Å². The van der Waals surface area contributed by atoms with Gasteiger partial charge in [-0.25, -0.2) is 9.71 Å². The molecule has 1 amide bonds. The third kappa shape index (κ3) is 4.92. The van der Waals surface area contributed by atoms with Crippen LogP contribution in [0.2, 0.25) is 0 Å². The molecule has 0 atom stereocenters. The fraction of sp³-hybridized carbons (Fsp3) is 0.200. The second-order valence-corrected chi connectivity index (χ2v) is 10.3. The molecule has 4 aromatic rings. The molecule has 1 aliphatic rings. The molecule has 2 aromatic heterocycles. The van der Waals surface area contributed by atoms with Crippen LogP contribution < -0.4 is 10.0 Å². The Morgan fingerprint density at radius 1 is 1.06 bits per heavy atom. The summed E-state index contributed by atoms with van der Waals surface area (Å²) >= 11 is 0. The van der Waals surface area contributed by atoms with Crippen LogP contribution in [0.25, 0.3) is 10.9 Å². The van der Waals surface area contributed by atoms with Crippen LogP contribution in [0.3, 0.4) is 0 Å². The summed E-state index contributed by atoms with van der Waals surface area (Å²) in [4.78, 5) is 16.9. The van der Waals surface area contributed by atoms with Crippen LogP contribution in [0.1, 0.15) is 40.2 Å². The van der Waals surface area contributed by atoms with Gasteiger partial charge < -0.3 is 9.88 Å². The average molecular weight is 515 g/mol. The van der Waals surface area contributed by atoms with Gasteiger partial charge in [-0.1, -0.05) is 30.3 Å². The number of halogens is 3. The fourth-order valence-electron chi connectivity index (χ4n) is 3.96. The fourth-order valence-corrected chi connectivity index (χ4v) is 4.43. The summed E-state index contributed by atoms with van der Waals surface area (Å²) in [6.07, 6.45) is 5.23. The Morgan fingerprint density at radius 2 is 1.81 bits per heavy atom. The zero-order valence-corrected chi connectivity index (χ0v) is 19.6. The van der Waals surface area contributed by atoms with Gasteiger partial charge in [0.1, 0.15) is 5.82 Å². The summed E-state index contributed by atoms with van der Waals surface area (Å²) in [5, 5.41) is 3.86. The van der Waals surface area contributed by atoms with Crippen LogP contribution in [-0.4, -0.2) is 29.4 Å². The van der Waals surface area contributed by atoms with E-state index in [4.69, 9.17) is 0 Å². The Labute approximate surface area is 205 Å². The van der Waals surface area contributed by atoms with Crippen molar-refractivity contribution in [1.82, 2.24) is 14.3 Å². The first kappa shape index (κ1) is 23.9. The Balaban J connectivity index is 1.43. The first-order valence-electron chi connectivity index (χ1n) is 11.1. The van der Waals surface area contributed by atoms with Gasteiger partial charge in [0.2, 0.25) is 0 Å². The monoisotopic (exact) mass is 514 g/mol. The molecule has 0 spiro atoms. The number of carbonyl (C=O) groups is 1. The van der Waals surface area contributed by atoms with E-state index in [1.54, 1.807) is 12.3 Å². The molecule has 0 saturated heterocycles. The van der Waals surface area contributed by atoms with Crippen LogP contribution in [0.5, 0.6) is 0 Å². The number of hydrogen-bond donors (Lipinski definition) is 2. The SMILES string of the molecule is O=C(NS(=O)(=O)C(F)(F)F)c1cc(C2CC2)cnc1Nc1ccc2c(ccn2Cc2ccccc2)c1. The van der Waals surface area contributed by atoms with E-state index in [0.717, 1.165) is 34.0 Å². The second-order valence-electron chi connectivity index (χ2n) is 8.65. The number of fused-ring (bicyclic) bond motifs is 1. The van der Waals surface area contributed by atoms with Crippen molar-refractivity contribution in [2.75, 3.05) is 5.32 Å². The van der Waals surface area contributed by atoms with Crippen LogP contribution >= 0.6 is 0 Å². The highest BCUT2D eigenvalue weighted by Crippen LogP contribution is 2.40. The minimum Gasteiger partial charge on any atom is -0.343 e. The molecule has 2 heterocycles. The van der Waals surface area contributed by atoms with Gasteiger partial charge in [0.15, 0.2) is 0 Å². The van der Waals surface area contributed by atoms with Crippen LogP contribution in [-0.2, 0) is 16.6 Å². The second kappa shape index (κ2) is 8.98. The van der Waals surface area contributed by atoms with Gasteiger partial charge in [0.25, 0.3) is 5.91 Å². The minimum atomic E-state index is -5.86. The maximum Gasteiger partial charge on any atom is 0.516 e. The van der Waals surface area contributed by atoms with Gasteiger partial charge >= 0.3 is 15.5 Å². The molecule has 5 rings (SSSR count). The van der Waals surface area contributed by atoms with Crippen LogP contribution in [0.4, 0.5) is 24.7 Å². The van der Waals surface area contributed by atoms with Crippen molar-refractivity contribution in [2.45, 2.75) is 30.8 Å². The van der Waals surface area contributed by atoms with E-state index in [2.05, 4.69) is 14.9 Å². The lowest BCUT2D eigenvalue weighted by Gasteiger charge is -2.14. The molecule has 2 N–H and O–H groups in total. The molecular weight excluding hydrogens is 493 g/mol. The number of nitrogens with zero attached hydrogens (tertiary/aromatic N) is 2. The summed E-state index contributed by atoms with van der Waals surface area (Å²) in [5.41, 5.74) is -2.58. The van der Waals surface area contributed by atoms with Crippen molar-refractivity contribution in [3.8, 4) is 0 Å². The van der Waals surface area contributed by atoms with E-state index in [1.807, 2.05) is 54.7 Å². The Morgan fingerprint density at radius 3 is 2.50 bits per heavy atom. The molecule has 186 valence electrons. The number of anilines is 2. The highest BCUT2D eigenvalue weighted by atomic mass is 32.2. The molecule has 0 bridgehead atoms. The zero-order chi connectivity index (χ0) is 25.5. The number of aromatic nitrogens is 2. The number of sulfonamides is 1. The van der Waals surface area contributed by atoms with Crippen LogP contribution in [0, 0.1) is 0 Å². The lowest BCUT2D eigenvalue weighted by Crippen LogP contribution is -2.40. The largest absolute Gasteiger partial charge is 0.516 e. The van der Waals surface area contributed by atoms with Crippen LogP contribution in [0.15, 0.2) is 73.1 Å². The number of benzene rings is 2. The quantitative estimate of drug-likeness (QED) is 0.350. The molecule has 0 unspecified atom stereocenters. The summed E-state index contributed by atoms with van der Waals surface area (Å²) in [6, 6.07) is 18.7. The number of pyridine rings is 1. The predicted molar refractivity (Wildman–Crippen MR) is 129 cm³/mol. The molecule has 11 heteroatoms. The number of nitrogens with one attached hydrogen (secondary N) is 2. The van der Waals surface area contributed by atoms with E-state index in [-0.39, 0.29) is 17.3 Å². The third-order valence-corrected chi connectivity index (χ3v) is 7.03. The van der Waals surface area contributed by atoms with Crippen molar-refractivity contribution < 1.29 is 26.4 Å². The van der Waals surface area contributed by atoms with Crippen molar-refractivity contribution in [3.05, 3.63) is 89.7 Å². The topological polar surface area (TPSA) is 93.1 Å². The Bertz CT molecular complexity index is 1550. The molecule has 0 radical (unpaired) electrons. The molecule has 2 aromatic carbocycles. The highest BCUT2D eigenvalue weighted by Gasteiger charge is 2.47. The minimum absolute atomic E-state index is 0.0441. The van der Waals surface area contributed by atoms with Gasteiger partial charge in [0, 0.05) is 35.5 Å². The lowest BCUT2D eigenvalue weighted by molar-refractivity contribution is -0.0446. The molecule has 7 nitrogen and oxygen atoms in total. The smallest absolute Gasteiger partial charge is 0.343 e. The summed E-state index contributed by atoms with van der Waals surface area (Å²) in [6.45, 7) is 0.680. The standard InChI is InChI=1S/C25H21F3N4O3S/c26-25(27,28)36(34,35)31-24(33)21-13-19(17-6-7-17)14-29-23(21)30-20-8-9-22-18(12-20)10-11-32(22)15-16-4-2-1-3-5-16/h1-5,8-14,17H,6-7,15H2,(H,29,30)(H,31,33). The lowest BCUT2D eigenvalue weighted by atomic mass is 10.1. The maximum absolute atomic E-state index is 12.8. The van der Waals surface area contributed by atoms with Gasteiger partial charge in [-0.05, 0) is 60.2 Å². The molecule has 36 heavy (non-hydrogen) atoms. The average Bonchev–Trinajstić information content (AvgIpc) is 3.61. The number of alkyl halides is 3. The summed E-state index contributed by atoms with van der Waals surface area (Å²) in [7, 11) is -5.86. The highest BCUT2D eigenvalue weighted by molar-refractivity contribution is 7.90. The molecule has 1 fully saturated rings. The van der Waals surface area contributed by atoms with Crippen molar-refractivity contribution in [1.29, 1.82) is 0 Å². The third-order valence-electron chi connectivity index (χ3n) is 5.96. The van der Waals surface area contributed by atoms with Gasteiger partial charge in [-0.3, -0.25) is 4.79 Å². The van der Waals surface area contributed by atoms with Crippen molar-refractivity contribution in [3.63, 3.8) is 0 Å². The first-order chi connectivity index (χ1) is 17.1. The molecule has 1 aliphatic carbocycles. The molecule has 1 saturated carbocycles. The van der Waals surface area contributed by atoms with E-state index >= 15 is 0 Å². The van der Waals surface area contributed by atoms with E-state index < -0.39 is 21.4 Å². The van der Waals surface area contributed by atoms with Gasteiger partial charge in [0.05, 0.1) is 5.56 Å². The van der Waals surface area contributed by atoms with Crippen molar-refractivity contribution >= 4 is 38.3 Å². The predicted octanol–water partition coefficient (Wildman–Crippen LogP) is 5.29. The van der Waals surface area contributed by atoms with E-state index in [0.29, 0.717) is 17.8 Å². The number of rotatable bonds is 7.